The predicted molar refractivity (Wildman–Crippen MR) is 96.9 cm³/mol. The SMILES string of the molecule is C/C(=C\NC(=O)Nc1ccc(N2CCN(C)CC2)cc1)C(C)C. The van der Waals surface area contributed by atoms with E-state index in [4.69, 9.17) is 0 Å². The standard InChI is InChI=1S/C18H28N4O/c1-14(2)15(3)13-19-18(23)20-16-5-7-17(8-6-16)22-11-9-21(4)10-12-22/h5-8,13-14H,9-12H2,1-4H3,(H2,19,20,23)/b15-13+. The smallest absolute Gasteiger partial charge is 0.323 e. The van der Waals surface area contributed by atoms with Crippen molar-refractivity contribution < 1.29 is 4.79 Å². The van der Waals surface area contributed by atoms with E-state index in [2.05, 4.69) is 53.5 Å². The summed E-state index contributed by atoms with van der Waals surface area (Å²) in [6.07, 6.45) is 1.76. The molecule has 1 aliphatic heterocycles. The lowest BCUT2D eigenvalue weighted by Crippen LogP contribution is -2.44. The zero-order chi connectivity index (χ0) is 16.8. The van der Waals surface area contributed by atoms with Crippen LogP contribution in [0.15, 0.2) is 36.0 Å². The number of benzene rings is 1. The van der Waals surface area contributed by atoms with Gasteiger partial charge in [0.2, 0.25) is 0 Å². The van der Waals surface area contributed by atoms with Gasteiger partial charge in [0.15, 0.2) is 0 Å². The largest absolute Gasteiger partial charge is 0.369 e. The lowest BCUT2D eigenvalue weighted by molar-refractivity contribution is 0.255. The van der Waals surface area contributed by atoms with Gasteiger partial charge in [-0.1, -0.05) is 19.4 Å². The number of amides is 2. The Morgan fingerprint density at radius 1 is 1.13 bits per heavy atom. The summed E-state index contributed by atoms with van der Waals surface area (Å²) < 4.78 is 0. The average Bonchev–Trinajstić information content (AvgIpc) is 2.54. The van der Waals surface area contributed by atoms with E-state index in [-0.39, 0.29) is 6.03 Å². The molecule has 1 saturated heterocycles. The molecule has 0 atom stereocenters. The quantitative estimate of drug-likeness (QED) is 0.897. The molecule has 0 aromatic heterocycles. The Morgan fingerprint density at radius 3 is 2.30 bits per heavy atom. The first kappa shape index (κ1) is 17.3. The normalized spacial score (nSPS) is 16.6. The van der Waals surface area contributed by atoms with Gasteiger partial charge in [-0.05, 0) is 44.2 Å². The average molecular weight is 316 g/mol. The number of nitrogens with one attached hydrogen (secondary N) is 2. The van der Waals surface area contributed by atoms with E-state index in [0.29, 0.717) is 5.92 Å². The van der Waals surface area contributed by atoms with E-state index in [1.165, 1.54) is 5.69 Å². The number of carbonyl (C=O) groups is 1. The fraction of sp³-hybridized carbons (Fsp3) is 0.500. The minimum absolute atomic E-state index is 0.211. The highest BCUT2D eigenvalue weighted by Gasteiger charge is 2.14. The predicted octanol–water partition coefficient (Wildman–Crippen LogP) is 3.12. The molecule has 1 fully saturated rings. The maximum atomic E-state index is 11.9. The van der Waals surface area contributed by atoms with Gasteiger partial charge in [0.25, 0.3) is 0 Å². The molecule has 5 nitrogen and oxygen atoms in total. The molecule has 1 heterocycles. The molecular weight excluding hydrogens is 288 g/mol. The van der Waals surface area contributed by atoms with Crippen LogP contribution in [-0.2, 0) is 0 Å². The molecule has 1 aliphatic rings. The number of rotatable bonds is 4. The molecule has 1 aromatic carbocycles. The summed E-state index contributed by atoms with van der Waals surface area (Å²) in [5.74, 6) is 0.429. The van der Waals surface area contributed by atoms with Crippen molar-refractivity contribution in [2.24, 2.45) is 5.92 Å². The zero-order valence-corrected chi connectivity index (χ0v) is 14.6. The second-order valence-electron chi connectivity index (χ2n) is 6.48. The molecule has 2 amide bonds. The Hall–Kier alpha value is -2.01. The van der Waals surface area contributed by atoms with Gasteiger partial charge in [-0.25, -0.2) is 4.79 Å². The number of urea groups is 1. The van der Waals surface area contributed by atoms with E-state index in [0.717, 1.165) is 37.4 Å². The highest BCUT2D eigenvalue weighted by Crippen LogP contribution is 2.19. The molecule has 1 aromatic rings. The molecule has 2 N–H and O–H groups in total. The van der Waals surface area contributed by atoms with Crippen LogP contribution in [0.2, 0.25) is 0 Å². The van der Waals surface area contributed by atoms with Crippen LogP contribution in [-0.4, -0.2) is 44.2 Å². The van der Waals surface area contributed by atoms with E-state index < -0.39 is 0 Å². The number of piperazine rings is 1. The third kappa shape index (κ3) is 5.28. The van der Waals surface area contributed by atoms with Crippen molar-refractivity contribution in [3.63, 3.8) is 0 Å². The Kier molecular flexibility index (Phi) is 6.04. The minimum atomic E-state index is -0.211. The maximum absolute atomic E-state index is 11.9. The van der Waals surface area contributed by atoms with E-state index in [1.54, 1.807) is 6.20 Å². The number of anilines is 2. The van der Waals surface area contributed by atoms with Crippen molar-refractivity contribution in [1.29, 1.82) is 0 Å². The zero-order valence-electron chi connectivity index (χ0n) is 14.6. The maximum Gasteiger partial charge on any atom is 0.323 e. The van der Waals surface area contributed by atoms with Gasteiger partial charge in [-0.2, -0.15) is 0 Å². The van der Waals surface area contributed by atoms with Gasteiger partial charge in [0, 0.05) is 43.8 Å². The topological polar surface area (TPSA) is 47.6 Å². The van der Waals surface area contributed by atoms with E-state index >= 15 is 0 Å². The summed E-state index contributed by atoms with van der Waals surface area (Å²) in [5.41, 5.74) is 3.15. The third-order valence-corrected chi connectivity index (χ3v) is 4.34. The molecule has 0 radical (unpaired) electrons. The van der Waals surface area contributed by atoms with Gasteiger partial charge in [0.1, 0.15) is 0 Å². The number of hydrogen-bond donors (Lipinski definition) is 2. The van der Waals surface area contributed by atoms with Crippen LogP contribution in [0.5, 0.6) is 0 Å². The number of carbonyl (C=O) groups excluding carboxylic acids is 1. The molecule has 126 valence electrons. The highest BCUT2D eigenvalue weighted by molar-refractivity contribution is 5.90. The van der Waals surface area contributed by atoms with Crippen LogP contribution >= 0.6 is 0 Å². The summed E-state index contributed by atoms with van der Waals surface area (Å²) in [7, 11) is 2.15. The summed E-state index contributed by atoms with van der Waals surface area (Å²) in [6.45, 7) is 10.5. The first-order chi connectivity index (χ1) is 11.0. The van der Waals surface area contributed by atoms with Crippen molar-refractivity contribution in [2.45, 2.75) is 20.8 Å². The Labute approximate surface area is 139 Å². The van der Waals surface area contributed by atoms with Gasteiger partial charge in [-0.3, -0.25) is 0 Å². The minimum Gasteiger partial charge on any atom is -0.369 e. The van der Waals surface area contributed by atoms with Crippen molar-refractivity contribution >= 4 is 17.4 Å². The Balaban J connectivity index is 1.87. The highest BCUT2D eigenvalue weighted by atomic mass is 16.2. The second kappa shape index (κ2) is 8.02. The summed E-state index contributed by atoms with van der Waals surface area (Å²) in [5, 5.41) is 5.62. The van der Waals surface area contributed by atoms with Crippen molar-refractivity contribution in [1.82, 2.24) is 10.2 Å². The molecule has 2 rings (SSSR count). The van der Waals surface area contributed by atoms with Gasteiger partial charge < -0.3 is 20.4 Å². The van der Waals surface area contributed by atoms with Crippen LogP contribution in [0.3, 0.4) is 0 Å². The molecule has 0 aliphatic carbocycles. The summed E-state index contributed by atoms with van der Waals surface area (Å²) in [4.78, 5) is 16.6. The monoisotopic (exact) mass is 316 g/mol. The van der Waals surface area contributed by atoms with Crippen LogP contribution in [0.25, 0.3) is 0 Å². The van der Waals surface area contributed by atoms with Crippen LogP contribution < -0.4 is 15.5 Å². The number of allylic oxidation sites excluding steroid dienone is 1. The van der Waals surface area contributed by atoms with Crippen molar-refractivity contribution in [3.8, 4) is 0 Å². The molecule has 5 heteroatoms. The first-order valence-electron chi connectivity index (χ1n) is 8.23. The fourth-order valence-corrected chi connectivity index (χ4v) is 2.33. The molecule has 0 saturated carbocycles. The number of likely N-dealkylation sites (N-methyl/N-ethyl adjacent to an activating group) is 1. The fourth-order valence-electron chi connectivity index (χ4n) is 2.33. The summed E-state index contributed by atoms with van der Waals surface area (Å²) >= 11 is 0. The van der Waals surface area contributed by atoms with Crippen LogP contribution in [0, 0.1) is 5.92 Å². The van der Waals surface area contributed by atoms with E-state index in [9.17, 15) is 4.79 Å². The lowest BCUT2D eigenvalue weighted by Gasteiger charge is -2.34. The lowest BCUT2D eigenvalue weighted by atomic mass is 10.1. The Bertz CT molecular complexity index is 543. The first-order valence-corrected chi connectivity index (χ1v) is 8.23. The van der Waals surface area contributed by atoms with Gasteiger partial charge in [0.05, 0.1) is 0 Å². The third-order valence-electron chi connectivity index (χ3n) is 4.34. The van der Waals surface area contributed by atoms with Crippen LogP contribution in [0.4, 0.5) is 16.2 Å². The van der Waals surface area contributed by atoms with Crippen molar-refractivity contribution in [3.05, 3.63) is 36.0 Å². The Morgan fingerprint density at radius 2 is 1.74 bits per heavy atom. The number of nitrogens with zero attached hydrogens (tertiary/aromatic N) is 2. The number of hydrogen-bond acceptors (Lipinski definition) is 3. The molecular formula is C18H28N4O. The molecule has 23 heavy (non-hydrogen) atoms. The molecule has 0 spiro atoms. The van der Waals surface area contributed by atoms with Gasteiger partial charge >= 0.3 is 6.03 Å². The second-order valence-corrected chi connectivity index (χ2v) is 6.48. The molecule has 0 unspecified atom stereocenters. The van der Waals surface area contributed by atoms with E-state index in [1.807, 2.05) is 19.1 Å². The van der Waals surface area contributed by atoms with Crippen molar-refractivity contribution in [2.75, 3.05) is 43.4 Å². The summed E-state index contributed by atoms with van der Waals surface area (Å²) in [6, 6.07) is 7.82. The molecule has 0 bridgehead atoms. The van der Waals surface area contributed by atoms with Crippen LogP contribution in [0.1, 0.15) is 20.8 Å². The van der Waals surface area contributed by atoms with Gasteiger partial charge in [-0.15, -0.1) is 0 Å².